The van der Waals surface area contributed by atoms with Crippen LogP contribution in [-0.2, 0) is 16.9 Å². The molecule has 0 spiro atoms. The Labute approximate surface area is 148 Å². The number of nitrogens with zero attached hydrogens (tertiary/aromatic N) is 4. The molecule has 2 aromatic rings. The van der Waals surface area contributed by atoms with Crippen LogP contribution in [0.5, 0.6) is 0 Å². The zero-order valence-electron chi connectivity index (χ0n) is 14.3. The van der Waals surface area contributed by atoms with E-state index in [1.807, 2.05) is 4.90 Å². The van der Waals surface area contributed by atoms with E-state index in [9.17, 15) is 17.2 Å². The van der Waals surface area contributed by atoms with Crippen molar-refractivity contribution in [3.63, 3.8) is 0 Å². The molecule has 0 aliphatic carbocycles. The Balaban J connectivity index is 1.81. The van der Waals surface area contributed by atoms with Crippen LogP contribution in [-0.4, -0.2) is 41.4 Å². The Hall–Kier alpha value is -2.04. The highest BCUT2D eigenvalue weighted by molar-refractivity contribution is 7.92. The van der Waals surface area contributed by atoms with Crippen molar-refractivity contribution in [2.75, 3.05) is 18.0 Å². The molecule has 0 bridgehead atoms. The molecule has 3 rings (SSSR count). The van der Waals surface area contributed by atoms with Crippen LogP contribution in [0.1, 0.15) is 31.9 Å². The van der Waals surface area contributed by atoms with E-state index >= 15 is 4.39 Å². The minimum absolute atomic E-state index is 0.276. The molecule has 144 valence electrons. The quantitative estimate of drug-likeness (QED) is 0.778. The number of sulfone groups is 1. The van der Waals surface area contributed by atoms with Gasteiger partial charge in [0.05, 0.1) is 0 Å². The minimum Gasteiger partial charge on any atom is -0.363 e. The highest BCUT2D eigenvalue weighted by Gasteiger charge is 2.50. The third-order valence-electron chi connectivity index (χ3n) is 4.85. The van der Waals surface area contributed by atoms with Gasteiger partial charge in [0.15, 0.2) is 10.8 Å². The lowest BCUT2D eigenvalue weighted by molar-refractivity contribution is 0.145. The molecular formula is C15H19F3N4O3S. The number of halogens is 3. The zero-order valence-corrected chi connectivity index (χ0v) is 15.1. The second-order valence-corrected chi connectivity index (χ2v) is 8.66. The molecule has 0 radical (unpaired) electrons. The molecule has 26 heavy (non-hydrogen) atoms. The van der Waals surface area contributed by atoms with Crippen LogP contribution in [0.15, 0.2) is 27.9 Å². The Bertz CT molecular complexity index is 857. The van der Waals surface area contributed by atoms with Crippen molar-refractivity contribution in [3.8, 4) is 0 Å². The van der Waals surface area contributed by atoms with E-state index in [4.69, 9.17) is 4.52 Å². The van der Waals surface area contributed by atoms with Gasteiger partial charge in [-0.15, -0.1) is 0 Å². The fourth-order valence-corrected chi connectivity index (χ4v) is 4.99. The first-order valence-corrected chi connectivity index (χ1v) is 9.54. The number of aromatic nitrogens is 3. The van der Waals surface area contributed by atoms with Crippen LogP contribution in [0.25, 0.3) is 0 Å². The van der Waals surface area contributed by atoms with E-state index in [1.54, 1.807) is 6.07 Å². The summed E-state index contributed by atoms with van der Waals surface area (Å²) < 4.78 is 72.2. The predicted molar refractivity (Wildman–Crippen MR) is 86.3 cm³/mol. The molecule has 1 saturated heterocycles. The highest BCUT2D eigenvalue weighted by Crippen LogP contribution is 2.40. The maximum atomic E-state index is 15.4. The van der Waals surface area contributed by atoms with E-state index in [-0.39, 0.29) is 12.8 Å². The number of alkyl halides is 3. The van der Waals surface area contributed by atoms with Crippen LogP contribution in [0, 0.1) is 5.92 Å². The molecule has 1 unspecified atom stereocenters. The van der Waals surface area contributed by atoms with Gasteiger partial charge in [-0.2, -0.15) is 5.10 Å². The number of hydrogen-bond acceptors (Lipinski definition) is 6. The van der Waals surface area contributed by atoms with Gasteiger partial charge in [0.2, 0.25) is 14.8 Å². The standard InChI is InChI=1S/C15H19F3N4O3S/c1-15(18,10-3-6-22(7-4-10)12-5-8-25-20-12)26(23,24)13-9-11(14(16)17)19-21(13)2/h5,8-10,14H,3-4,6-7H2,1-2H3. The van der Waals surface area contributed by atoms with Crippen molar-refractivity contribution >= 4 is 15.7 Å². The van der Waals surface area contributed by atoms with Gasteiger partial charge < -0.3 is 9.42 Å². The van der Waals surface area contributed by atoms with Gasteiger partial charge in [0, 0.05) is 38.2 Å². The Morgan fingerprint density at radius 3 is 2.50 bits per heavy atom. The van der Waals surface area contributed by atoms with Crippen molar-refractivity contribution in [2.24, 2.45) is 13.0 Å². The highest BCUT2D eigenvalue weighted by atomic mass is 32.2. The summed E-state index contributed by atoms with van der Waals surface area (Å²) in [5.41, 5.74) is -0.692. The Morgan fingerprint density at radius 1 is 1.35 bits per heavy atom. The summed E-state index contributed by atoms with van der Waals surface area (Å²) in [4.78, 5) is 1.88. The fourth-order valence-electron chi connectivity index (χ4n) is 3.25. The SMILES string of the molecule is Cn1nc(C(F)F)cc1S(=O)(=O)C(C)(F)C1CCN(c2ccon2)CC1. The van der Waals surface area contributed by atoms with E-state index in [1.165, 1.54) is 13.3 Å². The van der Waals surface area contributed by atoms with Gasteiger partial charge in [-0.3, -0.25) is 4.68 Å². The monoisotopic (exact) mass is 392 g/mol. The lowest BCUT2D eigenvalue weighted by Gasteiger charge is -2.37. The van der Waals surface area contributed by atoms with Crippen molar-refractivity contribution in [1.29, 1.82) is 0 Å². The average molecular weight is 392 g/mol. The Kier molecular flexibility index (Phi) is 4.76. The molecular weight excluding hydrogens is 373 g/mol. The van der Waals surface area contributed by atoms with Crippen LogP contribution < -0.4 is 4.90 Å². The first-order chi connectivity index (χ1) is 12.1. The summed E-state index contributed by atoms with van der Waals surface area (Å²) >= 11 is 0. The van der Waals surface area contributed by atoms with E-state index < -0.39 is 37.9 Å². The minimum atomic E-state index is -4.50. The normalized spacial score (nSPS) is 19.1. The molecule has 1 fully saturated rings. The molecule has 1 aliphatic heterocycles. The van der Waals surface area contributed by atoms with Crippen molar-refractivity contribution in [3.05, 3.63) is 24.1 Å². The average Bonchev–Trinajstić information content (AvgIpc) is 3.24. The number of hydrogen-bond donors (Lipinski definition) is 0. The first-order valence-electron chi connectivity index (χ1n) is 8.05. The summed E-state index contributed by atoms with van der Waals surface area (Å²) in [6.07, 6.45) is -0.951. The van der Waals surface area contributed by atoms with E-state index in [2.05, 4.69) is 10.3 Å². The molecule has 0 saturated carbocycles. The molecule has 0 amide bonds. The third-order valence-corrected chi connectivity index (χ3v) is 7.17. The molecule has 11 heteroatoms. The van der Waals surface area contributed by atoms with Gasteiger partial charge >= 0.3 is 0 Å². The Morgan fingerprint density at radius 2 is 2.00 bits per heavy atom. The topological polar surface area (TPSA) is 81.2 Å². The van der Waals surface area contributed by atoms with Gasteiger partial charge in [-0.25, -0.2) is 21.6 Å². The largest absolute Gasteiger partial charge is 0.363 e. The molecule has 0 N–H and O–H groups in total. The van der Waals surface area contributed by atoms with Crippen molar-refractivity contribution in [2.45, 2.75) is 36.2 Å². The van der Waals surface area contributed by atoms with Crippen LogP contribution in [0.2, 0.25) is 0 Å². The lowest BCUT2D eigenvalue weighted by atomic mass is 9.92. The van der Waals surface area contributed by atoms with Gasteiger partial charge in [0.25, 0.3) is 6.43 Å². The van der Waals surface area contributed by atoms with Crippen LogP contribution in [0.3, 0.4) is 0 Å². The van der Waals surface area contributed by atoms with Crippen LogP contribution in [0.4, 0.5) is 19.0 Å². The fraction of sp³-hybridized carbons (Fsp3) is 0.600. The maximum Gasteiger partial charge on any atom is 0.282 e. The molecule has 7 nitrogen and oxygen atoms in total. The number of piperidine rings is 1. The smallest absolute Gasteiger partial charge is 0.282 e. The summed E-state index contributed by atoms with van der Waals surface area (Å²) in [5.74, 6) is -0.166. The summed E-state index contributed by atoms with van der Waals surface area (Å²) in [5, 5.41) is 4.14. The second kappa shape index (κ2) is 6.60. The van der Waals surface area contributed by atoms with Crippen molar-refractivity contribution < 1.29 is 26.1 Å². The molecule has 1 atom stereocenters. The van der Waals surface area contributed by atoms with Gasteiger partial charge in [-0.05, 0) is 19.8 Å². The number of aryl methyl sites for hydroxylation is 1. The maximum absolute atomic E-state index is 15.4. The van der Waals surface area contributed by atoms with E-state index in [0.29, 0.717) is 18.9 Å². The van der Waals surface area contributed by atoms with E-state index in [0.717, 1.165) is 17.7 Å². The number of anilines is 1. The number of rotatable bonds is 5. The third kappa shape index (κ3) is 3.08. The molecule has 1 aliphatic rings. The van der Waals surface area contributed by atoms with Crippen LogP contribution >= 0.6 is 0 Å². The molecule has 2 aromatic heterocycles. The summed E-state index contributed by atoms with van der Waals surface area (Å²) in [7, 11) is -3.29. The van der Waals surface area contributed by atoms with Crippen molar-refractivity contribution in [1.82, 2.24) is 14.9 Å². The first kappa shape index (κ1) is 18.7. The summed E-state index contributed by atoms with van der Waals surface area (Å²) in [6.45, 7) is 1.83. The predicted octanol–water partition coefficient (Wildman–Crippen LogP) is 2.72. The lowest BCUT2D eigenvalue weighted by Crippen LogP contribution is -2.46. The van der Waals surface area contributed by atoms with Gasteiger partial charge in [0.1, 0.15) is 12.0 Å². The summed E-state index contributed by atoms with van der Waals surface area (Å²) in [6, 6.07) is 2.41. The van der Waals surface area contributed by atoms with Gasteiger partial charge in [-0.1, -0.05) is 5.16 Å². The second-order valence-electron chi connectivity index (χ2n) is 6.44. The molecule has 3 heterocycles. The molecule has 0 aromatic carbocycles. The zero-order chi connectivity index (χ0) is 19.1.